The molecule has 3 heteroatoms. The average molecular weight is 254 g/mol. The van der Waals surface area contributed by atoms with Crippen LogP contribution in [-0.2, 0) is 4.74 Å². The van der Waals surface area contributed by atoms with Crippen LogP contribution in [-0.4, -0.2) is 49.3 Å². The molecule has 3 nitrogen and oxygen atoms in total. The highest BCUT2D eigenvalue weighted by Crippen LogP contribution is 2.25. The van der Waals surface area contributed by atoms with Crippen LogP contribution in [0.4, 0.5) is 0 Å². The lowest BCUT2D eigenvalue weighted by Gasteiger charge is -2.45. The first-order valence-electron chi connectivity index (χ1n) is 7.70. The summed E-state index contributed by atoms with van der Waals surface area (Å²) in [5.41, 5.74) is 0. The Labute approximate surface area is 112 Å². The predicted molar refractivity (Wildman–Crippen MR) is 75.8 cm³/mol. The summed E-state index contributed by atoms with van der Waals surface area (Å²) < 4.78 is 5.56. The number of hydrogen-bond donors (Lipinski definition) is 1. The van der Waals surface area contributed by atoms with E-state index in [-0.39, 0.29) is 0 Å². The minimum atomic E-state index is 0.654. The van der Waals surface area contributed by atoms with E-state index in [2.05, 4.69) is 37.9 Å². The molecule has 2 fully saturated rings. The molecule has 2 heterocycles. The minimum absolute atomic E-state index is 0.654. The van der Waals surface area contributed by atoms with Crippen molar-refractivity contribution in [3.8, 4) is 0 Å². The van der Waals surface area contributed by atoms with Crippen molar-refractivity contribution >= 4 is 0 Å². The number of rotatable bonds is 4. The maximum Gasteiger partial charge on any atom is 0.0509 e. The SMILES string of the molecule is CCC(C)C1CN(C(C)C2CCOC2)C(C)CN1. The van der Waals surface area contributed by atoms with Crippen LogP contribution in [0, 0.1) is 11.8 Å². The zero-order valence-electron chi connectivity index (χ0n) is 12.5. The monoisotopic (exact) mass is 254 g/mol. The van der Waals surface area contributed by atoms with Gasteiger partial charge in [-0.05, 0) is 32.1 Å². The quantitative estimate of drug-likeness (QED) is 0.832. The number of piperazine rings is 1. The fourth-order valence-electron chi connectivity index (χ4n) is 3.35. The van der Waals surface area contributed by atoms with E-state index in [4.69, 9.17) is 4.74 Å². The fourth-order valence-corrected chi connectivity index (χ4v) is 3.35. The van der Waals surface area contributed by atoms with Crippen molar-refractivity contribution in [1.82, 2.24) is 10.2 Å². The first kappa shape index (κ1) is 14.3. The molecule has 2 saturated heterocycles. The first-order chi connectivity index (χ1) is 8.63. The van der Waals surface area contributed by atoms with E-state index in [1.807, 2.05) is 0 Å². The van der Waals surface area contributed by atoms with Crippen molar-refractivity contribution in [3.63, 3.8) is 0 Å². The van der Waals surface area contributed by atoms with Crippen molar-refractivity contribution < 1.29 is 4.74 Å². The second-order valence-corrected chi connectivity index (χ2v) is 6.31. The molecule has 0 aromatic heterocycles. The van der Waals surface area contributed by atoms with Gasteiger partial charge >= 0.3 is 0 Å². The molecule has 106 valence electrons. The molecule has 0 radical (unpaired) electrons. The van der Waals surface area contributed by atoms with Gasteiger partial charge in [0, 0.05) is 37.8 Å². The van der Waals surface area contributed by atoms with E-state index in [9.17, 15) is 0 Å². The highest BCUT2D eigenvalue weighted by Gasteiger charge is 2.34. The molecule has 2 rings (SSSR count). The lowest BCUT2D eigenvalue weighted by Crippen LogP contribution is -2.60. The number of ether oxygens (including phenoxy) is 1. The van der Waals surface area contributed by atoms with E-state index < -0.39 is 0 Å². The number of hydrogen-bond acceptors (Lipinski definition) is 3. The second-order valence-electron chi connectivity index (χ2n) is 6.31. The van der Waals surface area contributed by atoms with Gasteiger partial charge in [-0.1, -0.05) is 20.3 Å². The van der Waals surface area contributed by atoms with E-state index in [0.717, 1.165) is 31.6 Å². The molecule has 0 aromatic rings. The molecule has 1 N–H and O–H groups in total. The van der Waals surface area contributed by atoms with Crippen molar-refractivity contribution in [2.45, 2.75) is 58.7 Å². The van der Waals surface area contributed by atoms with E-state index in [1.165, 1.54) is 19.4 Å². The summed E-state index contributed by atoms with van der Waals surface area (Å²) in [5.74, 6) is 1.51. The summed E-state index contributed by atoms with van der Waals surface area (Å²) in [6.45, 7) is 13.7. The Morgan fingerprint density at radius 1 is 1.39 bits per heavy atom. The number of nitrogens with zero attached hydrogens (tertiary/aromatic N) is 1. The summed E-state index contributed by atoms with van der Waals surface area (Å²) in [6.07, 6.45) is 2.51. The number of nitrogens with one attached hydrogen (secondary N) is 1. The molecule has 0 saturated carbocycles. The van der Waals surface area contributed by atoms with E-state index >= 15 is 0 Å². The standard InChI is InChI=1S/C15H30N2O/c1-5-11(2)15-9-17(12(3)8-16-15)13(4)14-6-7-18-10-14/h11-16H,5-10H2,1-4H3. The third-order valence-electron chi connectivity index (χ3n) is 5.15. The topological polar surface area (TPSA) is 24.5 Å². The van der Waals surface area contributed by atoms with E-state index in [0.29, 0.717) is 18.1 Å². The van der Waals surface area contributed by atoms with Gasteiger partial charge in [0.1, 0.15) is 0 Å². The predicted octanol–water partition coefficient (Wildman–Crippen LogP) is 2.12. The van der Waals surface area contributed by atoms with Crippen LogP contribution in [0.5, 0.6) is 0 Å². The zero-order valence-corrected chi connectivity index (χ0v) is 12.5. The summed E-state index contributed by atoms with van der Waals surface area (Å²) in [6, 6.07) is 1.98. The Morgan fingerprint density at radius 2 is 2.17 bits per heavy atom. The van der Waals surface area contributed by atoms with Gasteiger partial charge < -0.3 is 10.1 Å². The van der Waals surface area contributed by atoms with Crippen molar-refractivity contribution in [3.05, 3.63) is 0 Å². The lowest BCUT2D eigenvalue weighted by atomic mass is 9.91. The van der Waals surface area contributed by atoms with Gasteiger partial charge in [-0.2, -0.15) is 0 Å². The zero-order chi connectivity index (χ0) is 13.1. The van der Waals surface area contributed by atoms with Gasteiger partial charge in [0.05, 0.1) is 6.61 Å². The Kier molecular flexibility index (Phi) is 5.05. The summed E-state index contributed by atoms with van der Waals surface area (Å²) in [5, 5.41) is 3.72. The van der Waals surface area contributed by atoms with Crippen LogP contribution in [0.1, 0.15) is 40.5 Å². The van der Waals surface area contributed by atoms with Crippen molar-refractivity contribution in [2.75, 3.05) is 26.3 Å². The van der Waals surface area contributed by atoms with Gasteiger partial charge in [0.15, 0.2) is 0 Å². The fraction of sp³-hybridized carbons (Fsp3) is 1.00. The highest BCUT2D eigenvalue weighted by atomic mass is 16.5. The van der Waals surface area contributed by atoms with Crippen LogP contribution >= 0.6 is 0 Å². The molecular weight excluding hydrogens is 224 g/mol. The van der Waals surface area contributed by atoms with Crippen LogP contribution in [0.25, 0.3) is 0 Å². The maximum atomic E-state index is 5.56. The smallest absolute Gasteiger partial charge is 0.0509 e. The molecule has 0 aromatic carbocycles. The van der Waals surface area contributed by atoms with Crippen LogP contribution in [0.3, 0.4) is 0 Å². The first-order valence-corrected chi connectivity index (χ1v) is 7.70. The van der Waals surface area contributed by atoms with Gasteiger partial charge in [0.2, 0.25) is 0 Å². The molecule has 0 aliphatic carbocycles. The molecule has 5 unspecified atom stereocenters. The van der Waals surface area contributed by atoms with Crippen LogP contribution in [0.15, 0.2) is 0 Å². The Balaban J connectivity index is 1.95. The third kappa shape index (κ3) is 3.06. The summed E-state index contributed by atoms with van der Waals surface area (Å²) in [7, 11) is 0. The molecule has 0 amide bonds. The van der Waals surface area contributed by atoms with Crippen LogP contribution in [0.2, 0.25) is 0 Å². The van der Waals surface area contributed by atoms with Gasteiger partial charge in [0.25, 0.3) is 0 Å². The molecule has 2 aliphatic heterocycles. The summed E-state index contributed by atoms with van der Waals surface area (Å²) >= 11 is 0. The largest absolute Gasteiger partial charge is 0.381 e. The lowest BCUT2D eigenvalue weighted by molar-refractivity contribution is 0.0506. The van der Waals surface area contributed by atoms with Crippen LogP contribution < -0.4 is 5.32 Å². The van der Waals surface area contributed by atoms with Gasteiger partial charge in [-0.3, -0.25) is 4.90 Å². The Hall–Kier alpha value is -0.120. The maximum absolute atomic E-state index is 5.56. The molecule has 0 spiro atoms. The molecular formula is C15H30N2O. The molecule has 2 aliphatic rings. The Bertz CT molecular complexity index is 253. The average Bonchev–Trinajstić information content (AvgIpc) is 2.91. The van der Waals surface area contributed by atoms with Gasteiger partial charge in [-0.25, -0.2) is 0 Å². The second kappa shape index (κ2) is 6.36. The van der Waals surface area contributed by atoms with Crippen molar-refractivity contribution in [1.29, 1.82) is 0 Å². The molecule has 18 heavy (non-hydrogen) atoms. The third-order valence-corrected chi connectivity index (χ3v) is 5.15. The van der Waals surface area contributed by atoms with Gasteiger partial charge in [-0.15, -0.1) is 0 Å². The Morgan fingerprint density at radius 3 is 2.78 bits per heavy atom. The molecule has 0 bridgehead atoms. The molecule has 5 atom stereocenters. The minimum Gasteiger partial charge on any atom is -0.381 e. The summed E-state index contributed by atoms with van der Waals surface area (Å²) in [4.78, 5) is 2.71. The van der Waals surface area contributed by atoms with Crippen molar-refractivity contribution in [2.24, 2.45) is 11.8 Å². The normalized spacial score (nSPS) is 37.7. The highest BCUT2D eigenvalue weighted by molar-refractivity contribution is 4.91. The van der Waals surface area contributed by atoms with E-state index in [1.54, 1.807) is 0 Å².